The lowest BCUT2D eigenvalue weighted by Gasteiger charge is -2.39. The summed E-state index contributed by atoms with van der Waals surface area (Å²) in [6.45, 7) is 2.67. The molecular weight excluding hydrogens is 560 g/mol. The second-order valence-corrected chi connectivity index (χ2v) is 13.0. The number of amides is 2. The molecule has 0 bridgehead atoms. The van der Waals surface area contributed by atoms with Crippen LogP contribution in [0.1, 0.15) is 42.4 Å². The van der Waals surface area contributed by atoms with Gasteiger partial charge in [0.1, 0.15) is 11.6 Å². The van der Waals surface area contributed by atoms with Crippen molar-refractivity contribution >= 4 is 21.8 Å². The normalized spacial score (nSPS) is 16.0. The second kappa shape index (κ2) is 12.7. The van der Waals surface area contributed by atoms with E-state index in [2.05, 4.69) is 0 Å². The molecule has 1 aliphatic carbocycles. The van der Waals surface area contributed by atoms with E-state index in [1.54, 1.807) is 58.3 Å². The molecule has 3 aromatic rings. The fourth-order valence-corrected chi connectivity index (χ4v) is 7.00. The smallest absolute Gasteiger partial charge is 0.243 e. The number of hydrogen-bond donors (Lipinski definition) is 0. The summed E-state index contributed by atoms with van der Waals surface area (Å²) >= 11 is 0. The zero-order chi connectivity index (χ0) is 29.9. The van der Waals surface area contributed by atoms with Gasteiger partial charge in [0.25, 0.3) is 0 Å². The molecule has 7 nitrogen and oxygen atoms in total. The third-order valence-corrected chi connectivity index (χ3v) is 9.90. The van der Waals surface area contributed by atoms with Crippen molar-refractivity contribution < 1.29 is 26.8 Å². The number of benzene rings is 3. The van der Waals surface area contributed by atoms with Crippen LogP contribution in [0.3, 0.4) is 0 Å². The summed E-state index contributed by atoms with van der Waals surface area (Å²) in [4.78, 5) is 30.4. The van der Waals surface area contributed by atoms with Gasteiger partial charge in [0.05, 0.1) is 17.9 Å². The fraction of sp³-hybridized carbons (Fsp3) is 0.375. The summed E-state index contributed by atoms with van der Waals surface area (Å²) in [5, 5.41) is 0. The first-order valence-electron chi connectivity index (χ1n) is 14.2. The van der Waals surface area contributed by atoms with Crippen molar-refractivity contribution in [2.45, 2.75) is 62.6 Å². The van der Waals surface area contributed by atoms with E-state index in [4.69, 9.17) is 0 Å². The van der Waals surface area contributed by atoms with E-state index < -0.39 is 10.0 Å². The lowest BCUT2D eigenvalue weighted by molar-refractivity contribution is -0.137. The van der Waals surface area contributed by atoms with Crippen LogP contribution in [0.25, 0.3) is 0 Å². The first-order chi connectivity index (χ1) is 20.1. The standard InChI is InChI=1S/C32H35F2N3O4S/c1-23-2-14-30(15-3-23)42(40,41)37(29-12-13-29)22-32(39)36(21-25-6-10-27(34)11-7-25)28-16-18-35(19-17-28)31(38)20-24-4-8-26(33)9-5-24/h2-11,14-15,28-29H,12-13,16-22H2,1H3. The van der Waals surface area contributed by atoms with Gasteiger partial charge in [-0.1, -0.05) is 42.0 Å². The third-order valence-electron chi connectivity index (χ3n) is 7.99. The number of halogens is 2. The number of hydrogen-bond acceptors (Lipinski definition) is 4. The highest BCUT2D eigenvalue weighted by Crippen LogP contribution is 2.33. The highest BCUT2D eigenvalue weighted by atomic mass is 32.2. The predicted octanol–water partition coefficient (Wildman–Crippen LogP) is 4.69. The first kappa shape index (κ1) is 29.8. The molecule has 0 radical (unpaired) electrons. The lowest BCUT2D eigenvalue weighted by Crippen LogP contribution is -2.51. The van der Waals surface area contributed by atoms with Crippen LogP contribution >= 0.6 is 0 Å². The third kappa shape index (κ3) is 7.22. The monoisotopic (exact) mass is 595 g/mol. The minimum atomic E-state index is -3.88. The Kier molecular flexibility index (Phi) is 9.03. The number of sulfonamides is 1. The van der Waals surface area contributed by atoms with E-state index in [1.165, 1.54) is 28.6 Å². The van der Waals surface area contributed by atoms with Crippen LogP contribution in [0, 0.1) is 18.6 Å². The minimum Gasteiger partial charge on any atom is -0.342 e. The number of nitrogens with zero attached hydrogens (tertiary/aromatic N) is 3. The summed E-state index contributed by atoms with van der Waals surface area (Å²) < 4.78 is 55.4. The van der Waals surface area contributed by atoms with Crippen molar-refractivity contribution in [2.24, 2.45) is 0 Å². The molecule has 5 rings (SSSR count). The lowest BCUT2D eigenvalue weighted by atomic mass is 10.0. The maximum absolute atomic E-state index is 13.9. The van der Waals surface area contributed by atoms with Gasteiger partial charge in [-0.2, -0.15) is 4.31 Å². The van der Waals surface area contributed by atoms with Crippen LogP contribution in [-0.4, -0.2) is 66.1 Å². The Morgan fingerprint density at radius 1 is 0.786 bits per heavy atom. The zero-order valence-corrected chi connectivity index (χ0v) is 24.4. The molecule has 2 amide bonds. The van der Waals surface area contributed by atoms with E-state index in [9.17, 15) is 26.8 Å². The second-order valence-electron chi connectivity index (χ2n) is 11.2. The highest BCUT2D eigenvalue weighted by molar-refractivity contribution is 7.89. The Balaban J connectivity index is 1.31. The van der Waals surface area contributed by atoms with Crippen molar-refractivity contribution in [3.05, 3.63) is 101 Å². The summed E-state index contributed by atoms with van der Waals surface area (Å²) in [6.07, 6.45) is 2.61. The van der Waals surface area contributed by atoms with Crippen molar-refractivity contribution in [3.8, 4) is 0 Å². The van der Waals surface area contributed by atoms with Gasteiger partial charge in [-0.3, -0.25) is 9.59 Å². The van der Waals surface area contributed by atoms with Crippen molar-refractivity contribution in [1.29, 1.82) is 0 Å². The molecule has 0 aromatic heterocycles. The van der Waals surface area contributed by atoms with Crippen LogP contribution in [0.15, 0.2) is 77.7 Å². The van der Waals surface area contributed by atoms with Crippen LogP contribution < -0.4 is 0 Å². The molecule has 1 aliphatic heterocycles. The Labute approximate surface area is 245 Å². The molecule has 1 saturated carbocycles. The molecule has 2 fully saturated rings. The van der Waals surface area contributed by atoms with Gasteiger partial charge >= 0.3 is 0 Å². The van der Waals surface area contributed by atoms with Crippen molar-refractivity contribution in [2.75, 3.05) is 19.6 Å². The summed E-state index contributed by atoms with van der Waals surface area (Å²) in [5.74, 6) is -1.13. The quantitative estimate of drug-likeness (QED) is 0.341. The summed E-state index contributed by atoms with van der Waals surface area (Å²) in [5.41, 5.74) is 2.40. The van der Waals surface area contributed by atoms with Gasteiger partial charge < -0.3 is 9.80 Å². The van der Waals surface area contributed by atoms with Gasteiger partial charge in [-0.05, 0) is 80.1 Å². The molecule has 0 N–H and O–H groups in total. The average Bonchev–Trinajstić information content (AvgIpc) is 3.82. The van der Waals surface area contributed by atoms with E-state index in [0.717, 1.165) is 16.7 Å². The van der Waals surface area contributed by atoms with Gasteiger partial charge in [0.15, 0.2) is 0 Å². The Bertz CT molecular complexity index is 1500. The molecule has 1 saturated heterocycles. The maximum Gasteiger partial charge on any atom is 0.243 e. The van der Waals surface area contributed by atoms with E-state index in [0.29, 0.717) is 38.8 Å². The number of aryl methyl sites for hydroxylation is 1. The Hall–Kier alpha value is -3.63. The number of rotatable bonds is 10. The zero-order valence-electron chi connectivity index (χ0n) is 23.6. The average molecular weight is 596 g/mol. The molecule has 1 heterocycles. The van der Waals surface area contributed by atoms with Crippen molar-refractivity contribution in [1.82, 2.24) is 14.1 Å². The fourth-order valence-electron chi connectivity index (χ4n) is 5.37. The number of carbonyl (C=O) groups is 2. The SMILES string of the molecule is Cc1ccc(S(=O)(=O)N(CC(=O)N(Cc2ccc(F)cc2)C2CCN(C(=O)Cc3ccc(F)cc3)CC2)C2CC2)cc1. The van der Waals surface area contributed by atoms with Gasteiger partial charge in [-0.25, -0.2) is 17.2 Å². The Morgan fingerprint density at radius 2 is 1.33 bits per heavy atom. The summed E-state index contributed by atoms with van der Waals surface area (Å²) in [6, 6.07) is 18.0. The topological polar surface area (TPSA) is 78.0 Å². The molecule has 2 aliphatic rings. The molecule has 0 unspecified atom stereocenters. The van der Waals surface area contributed by atoms with Gasteiger partial charge in [0.2, 0.25) is 21.8 Å². The first-order valence-corrected chi connectivity index (χ1v) is 15.7. The van der Waals surface area contributed by atoms with Gasteiger partial charge in [-0.15, -0.1) is 0 Å². The molecule has 3 aromatic carbocycles. The highest BCUT2D eigenvalue weighted by Gasteiger charge is 2.41. The predicted molar refractivity (Wildman–Crippen MR) is 155 cm³/mol. The van der Waals surface area contributed by atoms with Crippen LogP contribution in [0.5, 0.6) is 0 Å². The van der Waals surface area contributed by atoms with Crippen LogP contribution in [0.2, 0.25) is 0 Å². The molecule has 0 atom stereocenters. The van der Waals surface area contributed by atoms with E-state index >= 15 is 0 Å². The number of carbonyl (C=O) groups excluding carboxylic acids is 2. The molecule has 10 heteroatoms. The van der Waals surface area contributed by atoms with Gasteiger partial charge in [0, 0.05) is 31.7 Å². The van der Waals surface area contributed by atoms with Crippen LogP contribution in [0.4, 0.5) is 8.78 Å². The van der Waals surface area contributed by atoms with Crippen LogP contribution in [-0.2, 0) is 32.6 Å². The Morgan fingerprint density at radius 3 is 1.88 bits per heavy atom. The number of likely N-dealkylation sites (tertiary alicyclic amines) is 1. The molecule has 222 valence electrons. The van der Waals surface area contributed by atoms with E-state index in [-0.39, 0.29) is 59.9 Å². The summed E-state index contributed by atoms with van der Waals surface area (Å²) in [7, 11) is -3.88. The van der Waals surface area contributed by atoms with E-state index in [1.807, 2.05) is 6.92 Å². The molecule has 42 heavy (non-hydrogen) atoms. The van der Waals surface area contributed by atoms with Crippen molar-refractivity contribution in [3.63, 3.8) is 0 Å². The number of piperidine rings is 1. The maximum atomic E-state index is 13.9. The molecule has 0 spiro atoms. The minimum absolute atomic E-state index is 0.0689. The molecular formula is C32H35F2N3O4S. The largest absolute Gasteiger partial charge is 0.342 e.